The fraction of sp³-hybridized carbons (Fsp3) is 0.0889. The van der Waals surface area contributed by atoms with Crippen molar-refractivity contribution in [2.75, 3.05) is 0 Å². The molecule has 0 unspecified atom stereocenters. The third-order valence-corrected chi connectivity index (χ3v) is 9.87. The molecule has 0 saturated carbocycles. The monoisotopic (exact) mass is 658 g/mol. The molecule has 0 radical (unpaired) electrons. The first-order valence-electron chi connectivity index (χ1n) is 17.7. The predicted molar refractivity (Wildman–Crippen MR) is 209 cm³/mol. The molecule has 0 fully saturated rings. The molecule has 10 rings (SSSR count). The van der Waals surface area contributed by atoms with Crippen molar-refractivity contribution >= 4 is 44.5 Å². The molecule has 0 bridgehead atoms. The highest BCUT2D eigenvalue weighted by molar-refractivity contribution is 5.92. The van der Waals surface area contributed by atoms with Gasteiger partial charge in [0.2, 0.25) is 0 Å². The van der Waals surface area contributed by atoms with Gasteiger partial charge >= 0.3 is 0 Å². The van der Waals surface area contributed by atoms with Crippen LogP contribution in [0.2, 0.25) is 0 Å². The number of imidazole rings is 3. The number of nitrogens with zero attached hydrogens (tertiary/aromatic N) is 6. The Balaban J connectivity index is 1.30. The molecule has 2 aliphatic rings. The predicted octanol–water partition coefficient (Wildman–Crippen LogP) is 11.1. The van der Waals surface area contributed by atoms with Gasteiger partial charge in [-0.15, -0.1) is 0 Å². The first-order valence-corrected chi connectivity index (χ1v) is 17.7. The van der Waals surface area contributed by atoms with E-state index in [1.54, 1.807) is 0 Å². The summed E-state index contributed by atoms with van der Waals surface area (Å²) in [4.78, 5) is 15.9. The molecular weight excluding hydrogens is 625 g/mol. The van der Waals surface area contributed by atoms with Crippen LogP contribution in [0.3, 0.4) is 0 Å². The molecule has 5 aromatic carbocycles. The van der Waals surface area contributed by atoms with Gasteiger partial charge in [-0.25, -0.2) is 15.0 Å². The largest absolute Gasteiger partial charge is 0.293 e. The van der Waals surface area contributed by atoms with Gasteiger partial charge in [0.1, 0.15) is 17.5 Å². The highest BCUT2D eigenvalue weighted by atomic mass is 15.1. The summed E-state index contributed by atoms with van der Waals surface area (Å²) in [6.07, 6.45) is 17.7. The summed E-state index contributed by atoms with van der Waals surface area (Å²) < 4.78 is 6.88. The van der Waals surface area contributed by atoms with Gasteiger partial charge in [-0.1, -0.05) is 78.9 Å². The topological polar surface area (TPSA) is 53.5 Å². The number of aromatic nitrogens is 6. The number of fused-ring (bicyclic) bond motifs is 3. The SMILES string of the molecule is C1=CC(n2c(-c3cc(-c4nc5ccccc5n4C4=CCCC=C4)cc(-c4nc5ccccc5n4-c4ccccc4)c3)nc3ccccc32)=CCC1. The number of hydrogen-bond acceptors (Lipinski definition) is 3. The first-order chi connectivity index (χ1) is 25.3. The van der Waals surface area contributed by atoms with Crippen molar-refractivity contribution in [2.24, 2.45) is 0 Å². The maximum absolute atomic E-state index is 5.32. The van der Waals surface area contributed by atoms with E-state index in [2.05, 4.69) is 171 Å². The van der Waals surface area contributed by atoms with Crippen molar-refractivity contribution in [3.8, 4) is 39.9 Å². The van der Waals surface area contributed by atoms with Crippen LogP contribution in [0.15, 0.2) is 158 Å². The highest BCUT2D eigenvalue weighted by Gasteiger charge is 2.23. The van der Waals surface area contributed by atoms with E-state index in [-0.39, 0.29) is 0 Å². The minimum atomic E-state index is 0.865. The van der Waals surface area contributed by atoms with Crippen molar-refractivity contribution in [2.45, 2.75) is 25.7 Å². The van der Waals surface area contributed by atoms with Gasteiger partial charge < -0.3 is 0 Å². The molecule has 0 spiro atoms. The molecule has 3 aromatic heterocycles. The molecule has 6 nitrogen and oxygen atoms in total. The average Bonchev–Trinajstić information content (AvgIpc) is 3.91. The molecule has 0 aliphatic heterocycles. The van der Waals surface area contributed by atoms with Gasteiger partial charge in [0.05, 0.1) is 33.1 Å². The van der Waals surface area contributed by atoms with Crippen LogP contribution in [0.25, 0.3) is 84.3 Å². The second-order valence-corrected chi connectivity index (χ2v) is 13.1. The van der Waals surface area contributed by atoms with Gasteiger partial charge in [-0.05, 0) is 105 Å². The summed E-state index contributed by atoms with van der Waals surface area (Å²) in [6, 6.07) is 42.5. The van der Waals surface area contributed by atoms with Crippen molar-refractivity contribution in [1.82, 2.24) is 28.7 Å². The Morgan fingerprint density at radius 2 is 0.784 bits per heavy atom. The van der Waals surface area contributed by atoms with E-state index in [0.29, 0.717) is 0 Å². The van der Waals surface area contributed by atoms with Gasteiger partial charge in [-0.3, -0.25) is 13.7 Å². The number of benzene rings is 5. The van der Waals surface area contributed by atoms with Crippen LogP contribution >= 0.6 is 0 Å². The molecule has 51 heavy (non-hydrogen) atoms. The minimum absolute atomic E-state index is 0.865. The Morgan fingerprint density at radius 1 is 0.392 bits per heavy atom. The van der Waals surface area contributed by atoms with Gasteiger partial charge in [0.25, 0.3) is 0 Å². The van der Waals surface area contributed by atoms with Crippen molar-refractivity contribution in [3.63, 3.8) is 0 Å². The lowest BCUT2D eigenvalue weighted by molar-refractivity contribution is 1.01. The summed E-state index contributed by atoms with van der Waals surface area (Å²) in [5, 5.41) is 0. The van der Waals surface area contributed by atoms with Gasteiger partial charge in [-0.2, -0.15) is 0 Å². The Labute approximate surface area is 295 Å². The van der Waals surface area contributed by atoms with Gasteiger partial charge in [0.15, 0.2) is 0 Å². The number of para-hydroxylation sites is 7. The lowest BCUT2D eigenvalue weighted by Crippen LogP contribution is -2.03. The van der Waals surface area contributed by atoms with Crippen molar-refractivity contribution in [3.05, 3.63) is 158 Å². The Bertz CT molecular complexity index is 2620. The zero-order valence-corrected chi connectivity index (χ0v) is 28.0. The smallest absolute Gasteiger partial charge is 0.145 e. The van der Waals surface area contributed by atoms with Crippen LogP contribution in [-0.4, -0.2) is 28.7 Å². The minimum Gasteiger partial charge on any atom is -0.293 e. The van der Waals surface area contributed by atoms with Crippen LogP contribution in [0.5, 0.6) is 0 Å². The highest BCUT2D eigenvalue weighted by Crippen LogP contribution is 2.39. The molecule has 3 heterocycles. The van der Waals surface area contributed by atoms with E-state index in [0.717, 1.165) is 110 Å². The zero-order chi connectivity index (χ0) is 33.7. The maximum Gasteiger partial charge on any atom is 0.145 e. The maximum atomic E-state index is 5.32. The molecule has 2 aliphatic carbocycles. The molecule has 6 heteroatoms. The Morgan fingerprint density at radius 3 is 1.22 bits per heavy atom. The van der Waals surface area contributed by atoms with E-state index in [4.69, 9.17) is 15.0 Å². The fourth-order valence-electron chi connectivity index (χ4n) is 7.57. The molecule has 0 amide bonds. The number of allylic oxidation sites excluding steroid dienone is 8. The summed E-state index contributed by atoms with van der Waals surface area (Å²) in [5.74, 6) is 2.64. The standard InChI is InChI=1S/C45H34N6/c1-4-16-34(17-5-1)49-40-25-13-10-22-37(40)46-43(49)31-28-32(44-47-38-23-11-14-26-41(38)50(44)35-18-6-2-7-19-35)30-33(29-31)45-48-39-24-12-15-27-42(39)51(45)36-20-8-3-9-21-36/h1,4-6,8,10-30H,2-3,7,9H2. The summed E-state index contributed by atoms with van der Waals surface area (Å²) in [7, 11) is 0. The quantitative estimate of drug-likeness (QED) is 0.179. The van der Waals surface area contributed by atoms with E-state index in [9.17, 15) is 0 Å². The lowest BCUT2D eigenvalue weighted by Gasteiger charge is -2.17. The first kappa shape index (κ1) is 29.4. The van der Waals surface area contributed by atoms with Crippen LogP contribution in [-0.2, 0) is 0 Å². The van der Waals surface area contributed by atoms with E-state index in [1.807, 2.05) is 0 Å². The second-order valence-electron chi connectivity index (χ2n) is 13.1. The van der Waals surface area contributed by atoms with Crippen molar-refractivity contribution < 1.29 is 0 Å². The number of rotatable bonds is 6. The van der Waals surface area contributed by atoms with Crippen LogP contribution in [0.4, 0.5) is 0 Å². The van der Waals surface area contributed by atoms with Crippen LogP contribution < -0.4 is 0 Å². The summed E-state index contributed by atoms with van der Waals surface area (Å²) in [6.45, 7) is 0. The fourth-order valence-corrected chi connectivity index (χ4v) is 7.57. The molecule has 8 aromatic rings. The molecule has 0 atom stereocenters. The van der Waals surface area contributed by atoms with E-state index >= 15 is 0 Å². The molecular formula is C45H34N6. The third-order valence-electron chi connectivity index (χ3n) is 9.87. The molecule has 0 saturated heterocycles. The average molecular weight is 659 g/mol. The zero-order valence-electron chi connectivity index (χ0n) is 28.0. The van der Waals surface area contributed by atoms with Crippen molar-refractivity contribution in [1.29, 1.82) is 0 Å². The molecule has 0 N–H and O–H groups in total. The van der Waals surface area contributed by atoms with E-state index < -0.39 is 0 Å². The Kier molecular flexibility index (Phi) is 6.98. The van der Waals surface area contributed by atoms with Crippen LogP contribution in [0.1, 0.15) is 25.7 Å². The summed E-state index contributed by atoms with van der Waals surface area (Å²) >= 11 is 0. The van der Waals surface area contributed by atoms with E-state index in [1.165, 1.54) is 0 Å². The lowest BCUT2D eigenvalue weighted by atomic mass is 10.0. The summed E-state index contributed by atoms with van der Waals surface area (Å²) in [5.41, 5.74) is 12.4. The normalized spacial score (nSPS) is 14.4. The van der Waals surface area contributed by atoms with Crippen LogP contribution in [0, 0.1) is 0 Å². The molecule has 244 valence electrons. The van der Waals surface area contributed by atoms with Gasteiger partial charge in [0, 0.05) is 33.8 Å². The second kappa shape index (κ2) is 12.1. The number of hydrogen-bond donors (Lipinski definition) is 0. The Hall–Kier alpha value is -6.53. The third kappa shape index (κ3) is 4.98.